The quantitative estimate of drug-likeness (QED) is 0.614. The molecule has 2 atom stereocenters. The number of carboxylic acids is 1. The van der Waals surface area contributed by atoms with Crippen molar-refractivity contribution in [1.82, 2.24) is 15.5 Å². The number of piperazine rings is 1. The van der Waals surface area contributed by atoms with Crippen LogP contribution in [-0.4, -0.2) is 65.7 Å². The number of carbonyl (C=O) groups is 4. The van der Waals surface area contributed by atoms with Gasteiger partial charge < -0.3 is 25.4 Å². The zero-order valence-electron chi connectivity index (χ0n) is 18.1. The molecule has 9 heteroatoms. The third kappa shape index (κ3) is 4.52. The van der Waals surface area contributed by atoms with Gasteiger partial charge in [0.2, 0.25) is 11.8 Å². The first-order chi connectivity index (χ1) is 15.9. The Morgan fingerprint density at radius 3 is 2.33 bits per heavy atom. The maximum absolute atomic E-state index is 12.9. The lowest BCUT2D eigenvalue weighted by Crippen LogP contribution is -2.60. The van der Waals surface area contributed by atoms with Gasteiger partial charge in [-0.1, -0.05) is 48.5 Å². The summed E-state index contributed by atoms with van der Waals surface area (Å²) in [5.41, 5.74) is 4.24. The van der Waals surface area contributed by atoms with Crippen molar-refractivity contribution in [2.75, 3.05) is 19.7 Å². The van der Waals surface area contributed by atoms with Crippen LogP contribution in [0.25, 0.3) is 11.1 Å². The molecule has 3 N–H and O–H groups in total. The van der Waals surface area contributed by atoms with Crippen molar-refractivity contribution >= 4 is 23.9 Å². The molecule has 33 heavy (non-hydrogen) atoms. The number of carbonyl (C=O) groups excluding carboxylic acids is 3. The van der Waals surface area contributed by atoms with Crippen LogP contribution in [0.1, 0.15) is 30.4 Å². The van der Waals surface area contributed by atoms with Gasteiger partial charge in [0.25, 0.3) is 0 Å². The maximum Gasteiger partial charge on any atom is 0.407 e. The lowest BCUT2D eigenvalue weighted by Gasteiger charge is -2.35. The van der Waals surface area contributed by atoms with E-state index < -0.39 is 36.5 Å². The number of hydrogen-bond acceptors (Lipinski definition) is 5. The summed E-state index contributed by atoms with van der Waals surface area (Å²) < 4.78 is 5.44. The molecule has 0 saturated carbocycles. The highest BCUT2D eigenvalue weighted by Gasteiger charge is 2.36. The summed E-state index contributed by atoms with van der Waals surface area (Å²) >= 11 is 0. The van der Waals surface area contributed by atoms with Gasteiger partial charge in [-0.25, -0.2) is 4.79 Å². The number of nitrogens with zero attached hydrogens (tertiary/aromatic N) is 1. The van der Waals surface area contributed by atoms with Crippen LogP contribution in [-0.2, 0) is 19.1 Å². The normalized spacial score (nSPS) is 18.0. The summed E-state index contributed by atoms with van der Waals surface area (Å²) in [6.45, 7) is 2.09. The molecule has 2 aromatic carbocycles. The number of benzene rings is 2. The molecule has 0 aromatic heterocycles. The van der Waals surface area contributed by atoms with Crippen LogP contribution >= 0.6 is 0 Å². The van der Waals surface area contributed by atoms with Gasteiger partial charge in [0.1, 0.15) is 18.7 Å². The summed E-state index contributed by atoms with van der Waals surface area (Å²) in [6, 6.07) is 13.7. The molecule has 1 saturated heterocycles. The monoisotopic (exact) mass is 451 g/mol. The zero-order chi connectivity index (χ0) is 23.5. The predicted octanol–water partition coefficient (Wildman–Crippen LogP) is 1.72. The number of hydrogen-bond donors (Lipinski definition) is 3. The minimum absolute atomic E-state index is 0.0381. The molecule has 1 aliphatic carbocycles. The van der Waals surface area contributed by atoms with Crippen LogP contribution in [0.15, 0.2) is 48.5 Å². The second-order valence-corrected chi connectivity index (χ2v) is 8.12. The molecular formula is C24H25N3O6. The third-order valence-corrected chi connectivity index (χ3v) is 6.09. The topological polar surface area (TPSA) is 125 Å². The summed E-state index contributed by atoms with van der Waals surface area (Å²) in [7, 11) is 0. The van der Waals surface area contributed by atoms with E-state index >= 15 is 0 Å². The zero-order valence-corrected chi connectivity index (χ0v) is 18.1. The highest BCUT2D eigenvalue weighted by atomic mass is 16.5. The molecule has 9 nitrogen and oxygen atoms in total. The van der Waals surface area contributed by atoms with E-state index in [0.29, 0.717) is 0 Å². The molecule has 0 radical (unpaired) electrons. The van der Waals surface area contributed by atoms with E-state index in [2.05, 4.69) is 10.6 Å². The summed E-state index contributed by atoms with van der Waals surface area (Å²) in [6.07, 6.45) is -1.50. The highest BCUT2D eigenvalue weighted by molar-refractivity contribution is 5.94. The van der Waals surface area contributed by atoms with Crippen molar-refractivity contribution in [3.63, 3.8) is 0 Å². The molecule has 2 unspecified atom stereocenters. The summed E-state index contributed by atoms with van der Waals surface area (Å²) in [5.74, 6) is -2.37. The minimum Gasteiger partial charge on any atom is -0.481 e. The molecule has 2 aliphatic rings. The van der Waals surface area contributed by atoms with Crippen LogP contribution in [0.2, 0.25) is 0 Å². The fourth-order valence-electron chi connectivity index (χ4n) is 4.44. The van der Waals surface area contributed by atoms with Crippen LogP contribution in [0.5, 0.6) is 0 Å². The van der Waals surface area contributed by atoms with Crippen molar-refractivity contribution in [3.8, 4) is 11.1 Å². The number of amides is 3. The smallest absolute Gasteiger partial charge is 0.407 e. The molecule has 1 fully saturated rings. The Balaban J connectivity index is 1.45. The van der Waals surface area contributed by atoms with E-state index in [4.69, 9.17) is 4.74 Å². The van der Waals surface area contributed by atoms with Gasteiger partial charge in [-0.05, 0) is 29.2 Å². The molecule has 1 aliphatic heterocycles. The second kappa shape index (κ2) is 9.32. The van der Waals surface area contributed by atoms with Crippen molar-refractivity contribution in [1.29, 1.82) is 0 Å². The number of ether oxygens (including phenoxy) is 1. The first-order valence-corrected chi connectivity index (χ1v) is 10.8. The van der Waals surface area contributed by atoms with Gasteiger partial charge in [-0.15, -0.1) is 0 Å². The number of rotatable bonds is 6. The van der Waals surface area contributed by atoms with Gasteiger partial charge in [-0.2, -0.15) is 0 Å². The van der Waals surface area contributed by atoms with Crippen LogP contribution in [0, 0.1) is 0 Å². The molecular weight excluding hydrogens is 426 g/mol. The van der Waals surface area contributed by atoms with E-state index in [1.807, 2.05) is 48.5 Å². The fourth-order valence-corrected chi connectivity index (χ4v) is 4.44. The van der Waals surface area contributed by atoms with Crippen LogP contribution < -0.4 is 10.6 Å². The first kappa shape index (κ1) is 22.3. The molecule has 0 bridgehead atoms. The fraction of sp³-hybridized carbons (Fsp3) is 0.333. The van der Waals surface area contributed by atoms with E-state index in [1.54, 1.807) is 6.92 Å². The Morgan fingerprint density at radius 2 is 1.73 bits per heavy atom. The SMILES string of the molecule is CC1C(=O)NCCN1C(=O)C(CC(=O)O)NC(=O)OCC1c2ccccc2-c2ccccc21. The molecule has 1 heterocycles. The Bertz CT molecular complexity index is 1060. The van der Waals surface area contributed by atoms with Crippen molar-refractivity contribution in [2.45, 2.75) is 31.3 Å². The van der Waals surface area contributed by atoms with Crippen molar-refractivity contribution in [2.24, 2.45) is 0 Å². The van der Waals surface area contributed by atoms with Crippen LogP contribution in [0.4, 0.5) is 4.79 Å². The number of carboxylic acid groups (broad SMARTS) is 1. The van der Waals surface area contributed by atoms with Crippen LogP contribution in [0.3, 0.4) is 0 Å². The average molecular weight is 451 g/mol. The second-order valence-electron chi connectivity index (χ2n) is 8.12. The van der Waals surface area contributed by atoms with Gasteiger partial charge in [0.15, 0.2) is 0 Å². The average Bonchev–Trinajstić information content (AvgIpc) is 3.12. The lowest BCUT2D eigenvalue weighted by atomic mass is 9.98. The number of alkyl carbamates (subject to hydrolysis) is 1. The van der Waals surface area contributed by atoms with E-state index in [1.165, 1.54) is 4.90 Å². The van der Waals surface area contributed by atoms with Gasteiger partial charge in [0.05, 0.1) is 6.42 Å². The van der Waals surface area contributed by atoms with Gasteiger partial charge in [-0.3, -0.25) is 14.4 Å². The van der Waals surface area contributed by atoms with Crippen molar-refractivity contribution in [3.05, 3.63) is 59.7 Å². The predicted molar refractivity (Wildman–Crippen MR) is 118 cm³/mol. The highest BCUT2D eigenvalue weighted by Crippen LogP contribution is 2.44. The third-order valence-electron chi connectivity index (χ3n) is 6.09. The maximum atomic E-state index is 12.9. The summed E-state index contributed by atoms with van der Waals surface area (Å²) in [4.78, 5) is 50.0. The van der Waals surface area contributed by atoms with Gasteiger partial charge >= 0.3 is 12.1 Å². The lowest BCUT2D eigenvalue weighted by molar-refractivity contribution is -0.147. The van der Waals surface area contributed by atoms with E-state index in [0.717, 1.165) is 22.3 Å². The first-order valence-electron chi connectivity index (χ1n) is 10.8. The largest absolute Gasteiger partial charge is 0.481 e. The Hall–Kier alpha value is -3.88. The Kier molecular flexibility index (Phi) is 6.30. The number of nitrogens with one attached hydrogen (secondary N) is 2. The summed E-state index contributed by atoms with van der Waals surface area (Å²) in [5, 5.41) is 14.3. The van der Waals surface area contributed by atoms with Crippen molar-refractivity contribution < 1.29 is 29.0 Å². The van der Waals surface area contributed by atoms with E-state index in [-0.39, 0.29) is 31.5 Å². The molecule has 3 amide bonds. The molecule has 4 rings (SSSR count). The number of fused-ring (bicyclic) bond motifs is 3. The standard InChI is InChI=1S/C24H25N3O6/c1-14-22(30)25-10-11-27(14)23(31)20(12-21(28)29)26-24(32)33-13-19-17-8-4-2-6-15(17)16-7-3-5-9-18(16)19/h2-9,14,19-20H,10-13H2,1H3,(H,25,30)(H,26,32)(H,28,29). The van der Waals surface area contributed by atoms with E-state index in [9.17, 15) is 24.3 Å². The molecule has 2 aromatic rings. The molecule has 0 spiro atoms. The Morgan fingerprint density at radius 1 is 1.12 bits per heavy atom. The molecule has 172 valence electrons. The van der Waals surface area contributed by atoms with Gasteiger partial charge in [0, 0.05) is 19.0 Å². The minimum atomic E-state index is -1.34. The number of aliphatic carboxylic acids is 1. The Labute approximate surface area is 190 Å².